The van der Waals surface area contributed by atoms with E-state index in [2.05, 4.69) is 20.6 Å². The fourth-order valence-electron chi connectivity index (χ4n) is 1.31. The van der Waals surface area contributed by atoms with Crippen LogP contribution in [0.15, 0.2) is 0 Å². The second-order valence-corrected chi connectivity index (χ2v) is 3.37. The van der Waals surface area contributed by atoms with Gasteiger partial charge in [0, 0.05) is 33.9 Å². The van der Waals surface area contributed by atoms with Crippen LogP contribution < -0.4 is 0 Å². The zero-order valence-electron chi connectivity index (χ0n) is 10.0. The number of nitrogens with zero attached hydrogens (tertiary/aromatic N) is 4. The quantitative estimate of drug-likeness (QED) is 0.608. The molecule has 1 amide bonds. The molecule has 0 radical (unpaired) electrons. The Morgan fingerprint density at radius 2 is 2.06 bits per heavy atom. The number of aromatic amines is 1. The van der Waals surface area contributed by atoms with Gasteiger partial charge in [0.05, 0.1) is 6.61 Å². The van der Waals surface area contributed by atoms with E-state index in [0.29, 0.717) is 26.3 Å². The highest BCUT2D eigenvalue weighted by atomic mass is 16.5. The topological polar surface area (TPSA) is 93.2 Å². The monoisotopic (exact) mass is 243 g/mol. The number of tetrazole rings is 1. The second kappa shape index (κ2) is 7.69. The Labute approximate surface area is 99.3 Å². The number of carbonyl (C=O) groups is 1. The Morgan fingerprint density at radius 3 is 2.65 bits per heavy atom. The van der Waals surface area contributed by atoms with Crippen molar-refractivity contribution in [2.24, 2.45) is 0 Å². The van der Waals surface area contributed by atoms with Crippen molar-refractivity contribution in [3.63, 3.8) is 0 Å². The second-order valence-electron chi connectivity index (χ2n) is 3.37. The molecule has 96 valence electrons. The van der Waals surface area contributed by atoms with E-state index in [1.165, 1.54) is 0 Å². The molecule has 0 spiro atoms. The van der Waals surface area contributed by atoms with Gasteiger partial charge >= 0.3 is 0 Å². The molecular formula is C9H17N5O3. The molecule has 0 atom stereocenters. The van der Waals surface area contributed by atoms with Crippen molar-refractivity contribution < 1.29 is 14.3 Å². The molecular weight excluding hydrogens is 226 g/mol. The van der Waals surface area contributed by atoms with E-state index >= 15 is 0 Å². The standard InChI is InChI=1S/C9H17N5O3/c1-16-6-3-4-14(5-7-17-2)9(15)8-10-12-13-11-8/h3-7H2,1-2H3,(H,10,11,12,13). The molecule has 0 saturated carbocycles. The predicted octanol–water partition coefficient (Wildman–Crippen LogP) is -0.675. The van der Waals surface area contributed by atoms with Crippen LogP contribution in [0.3, 0.4) is 0 Å². The highest BCUT2D eigenvalue weighted by molar-refractivity contribution is 5.90. The highest BCUT2D eigenvalue weighted by Crippen LogP contribution is 1.99. The van der Waals surface area contributed by atoms with Gasteiger partial charge in [-0.05, 0) is 11.6 Å². The van der Waals surface area contributed by atoms with E-state index < -0.39 is 0 Å². The lowest BCUT2D eigenvalue weighted by molar-refractivity contribution is 0.0662. The first-order valence-electron chi connectivity index (χ1n) is 5.30. The summed E-state index contributed by atoms with van der Waals surface area (Å²) in [5, 5.41) is 12.9. The summed E-state index contributed by atoms with van der Waals surface area (Å²) >= 11 is 0. The molecule has 1 heterocycles. The molecule has 1 aromatic heterocycles. The van der Waals surface area contributed by atoms with Crippen LogP contribution in [-0.2, 0) is 9.47 Å². The molecule has 1 rings (SSSR count). The third-order valence-electron chi connectivity index (χ3n) is 2.17. The number of nitrogens with one attached hydrogen (secondary N) is 1. The number of carbonyl (C=O) groups excluding carboxylic acids is 1. The SMILES string of the molecule is COCCCN(CCOC)C(=O)c1nn[nH]n1. The van der Waals surface area contributed by atoms with Crippen LogP contribution in [0.5, 0.6) is 0 Å². The lowest BCUT2D eigenvalue weighted by Gasteiger charge is -2.20. The van der Waals surface area contributed by atoms with Crippen molar-refractivity contribution in [2.75, 3.05) is 40.5 Å². The lowest BCUT2D eigenvalue weighted by Crippen LogP contribution is -2.36. The number of ether oxygens (including phenoxy) is 2. The maximum Gasteiger partial charge on any atom is 0.295 e. The molecule has 8 heteroatoms. The van der Waals surface area contributed by atoms with Crippen LogP contribution in [0.2, 0.25) is 0 Å². The molecule has 0 unspecified atom stereocenters. The molecule has 0 saturated heterocycles. The first-order chi connectivity index (χ1) is 8.29. The fraction of sp³-hybridized carbons (Fsp3) is 0.778. The molecule has 1 N–H and O–H groups in total. The summed E-state index contributed by atoms with van der Waals surface area (Å²) < 4.78 is 9.90. The number of aromatic nitrogens is 4. The van der Waals surface area contributed by atoms with Gasteiger partial charge in [-0.2, -0.15) is 5.21 Å². The molecule has 0 aliphatic rings. The predicted molar refractivity (Wildman–Crippen MR) is 58.5 cm³/mol. The average Bonchev–Trinajstić information content (AvgIpc) is 2.86. The van der Waals surface area contributed by atoms with Gasteiger partial charge in [-0.25, -0.2) is 0 Å². The zero-order chi connectivity index (χ0) is 12.5. The Hall–Kier alpha value is -1.54. The van der Waals surface area contributed by atoms with Crippen molar-refractivity contribution in [1.82, 2.24) is 25.5 Å². The van der Waals surface area contributed by atoms with Crippen molar-refractivity contribution in [1.29, 1.82) is 0 Å². The zero-order valence-corrected chi connectivity index (χ0v) is 10.0. The van der Waals surface area contributed by atoms with Gasteiger partial charge in [-0.3, -0.25) is 4.79 Å². The summed E-state index contributed by atoms with van der Waals surface area (Å²) in [6, 6.07) is 0. The summed E-state index contributed by atoms with van der Waals surface area (Å²) in [5.41, 5.74) is 0. The van der Waals surface area contributed by atoms with Crippen LogP contribution in [0.4, 0.5) is 0 Å². The molecule has 0 bridgehead atoms. The van der Waals surface area contributed by atoms with Crippen molar-refractivity contribution in [3.05, 3.63) is 5.82 Å². The van der Waals surface area contributed by atoms with Crippen molar-refractivity contribution in [3.8, 4) is 0 Å². The number of rotatable bonds is 8. The molecule has 0 aromatic carbocycles. The van der Waals surface area contributed by atoms with Crippen LogP contribution in [-0.4, -0.2) is 72.0 Å². The Morgan fingerprint density at radius 1 is 1.29 bits per heavy atom. The summed E-state index contributed by atoms with van der Waals surface area (Å²) in [4.78, 5) is 13.6. The van der Waals surface area contributed by atoms with Crippen molar-refractivity contribution >= 4 is 5.91 Å². The first-order valence-corrected chi connectivity index (χ1v) is 5.30. The smallest absolute Gasteiger partial charge is 0.295 e. The van der Waals surface area contributed by atoms with E-state index in [4.69, 9.17) is 9.47 Å². The van der Waals surface area contributed by atoms with Crippen LogP contribution in [0.25, 0.3) is 0 Å². The van der Waals surface area contributed by atoms with E-state index in [0.717, 1.165) is 6.42 Å². The number of hydrogen-bond donors (Lipinski definition) is 1. The largest absolute Gasteiger partial charge is 0.385 e. The molecule has 1 aromatic rings. The third kappa shape index (κ3) is 4.45. The first kappa shape index (κ1) is 13.5. The Bertz CT molecular complexity index is 316. The van der Waals surface area contributed by atoms with Gasteiger partial charge < -0.3 is 14.4 Å². The summed E-state index contributed by atoms with van der Waals surface area (Å²) in [5.74, 6) is -0.189. The maximum atomic E-state index is 12.0. The van der Waals surface area contributed by atoms with Crippen LogP contribution in [0, 0.1) is 0 Å². The lowest BCUT2D eigenvalue weighted by atomic mass is 10.3. The third-order valence-corrected chi connectivity index (χ3v) is 2.17. The maximum absolute atomic E-state index is 12.0. The van der Waals surface area contributed by atoms with Gasteiger partial charge in [-0.15, -0.1) is 10.2 Å². The minimum atomic E-state index is -0.257. The minimum Gasteiger partial charge on any atom is -0.385 e. The Balaban J connectivity index is 2.52. The van der Waals surface area contributed by atoms with Gasteiger partial charge in [-0.1, -0.05) is 0 Å². The summed E-state index contributed by atoms with van der Waals surface area (Å²) in [6.45, 7) is 2.14. The Kier molecular flexibility index (Phi) is 6.12. The van der Waals surface area contributed by atoms with Crippen LogP contribution >= 0.6 is 0 Å². The van der Waals surface area contributed by atoms with Gasteiger partial charge in [0.25, 0.3) is 11.7 Å². The van der Waals surface area contributed by atoms with Gasteiger partial charge in [0.2, 0.25) is 0 Å². The molecule has 0 aliphatic heterocycles. The number of hydrogen-bond acceptors (Lipinski definition) is 6. The molecule has 8 nitrogen and oxygen atoms in total. The minimum absolute atomic E-state index is 0.0681. The normalized spacial score (nSPS) is 10.5. The van der Waals surface area contributed by atoms with E-state index in [1.54, 1.807) is 19.1 Å². The molecule has 0 aliphatic carbocycles. The van der Waals surface area contributed by atoms with E-state index in [1.807, 2.05) is 0 Å². The van der Waals surface area contributed by atoms with Crippen LogP contribution in [0.1, 0.15) is 17.0 Å². The number of H-pyrrole nitrogens is 1. The van der Waals surface area contributed by atoms with E-state index in [-0.39, 0.29) is 11.7 Å². The fourth-order valence-corrected chi connectivity index (χ4v) is 1.31. The van der Waals surface area contributed by atoms with Crippen molar-refractivity contribution in [2.45, 2.75) is 6.42 Å². The average molecular weight is 243 g/mol. The number of methoxy groups -OCH3 is 2. The highest BCUT2D eigenvalue weighted by Gasteiger charge is 2.18. The van der Waals surface area contributed by atoms with E-state index in [9.17, 15) is 4.79 Å². The summed E-state index contributed by atoms with van der Waals surface area (Å²) in [7, 11) is 3.21. The summed E-state index contributed by atoms with van der Waals surface area (Å²) in [6.07, 6.45) is 0.754. The molecule has 17 heavy (non-hydrogen) atoms. The number of amides is 1. The van der Waals surface area contributed by atoms with Gasteiger partial charge in [0.1, 0.15) is 0 Å². The molecule has 0 fully saturated rings. The van der Waals surface area contributed by atoms with Gasteiger partial charge in [0.15, 0.2) is 0 Å².